The van der Waals surface area contributed by atoms with Crippen LogP contribution in [0, 0.1) is 29.6 Å². The van der Waals surface area contributed by atoms with Crippen molar-refractivity contribution in [2.24, 2.45) is 29.6 Å². The number of hydrogen-bond acceptors (Lipinski definition) is 12. The molecule has 6 aliphatic rings. The molecule has 4 saturated carbocycles. The van der Waals surface area contributed by atoms with E-state index in [2.05, 4.69) is 27.3 Å². The predicted molar refractivity (Wildman–Crippen MR) is 240 cm³/mol. The molecular weight excluding hydrogens is 853 g/mol. The lowest BCUT2D eigenvalue weighted by Gasteiger charge is -2.33. The minimum atomic E-state index is -3.93. The first-order chi connectivity index (χ1) is 31.1. The van der Waals surface area contributed by atoms with Crippen LogP contribution in [-0.2, 0) is 29.1 Å². The topological polar surface area (TPSA) is 204 Å². The highest BCUT2D eigenvalue weighted by Gasteiger charge is 2.62. The predicted octanol–water partition coefficient (Wildman–Crippen LogP) is 5.83. The van der Waals surface area contributed by atoms with Gasteiger partial charge in [-0.15, -0.1) is 0 Å². The molecule has 0 spiro atoms. The van der Waals surface area contributed by atoms with Crippen LogP contribution < -0.4 is 29.6 Å². The average molecular weight is 913 g/mol. The number of benzene rings is 1. The van der Waals surface area contributed by atoms with Crippen molar-refractivity contribution < 1.29 is 46.5 Å². The second-order valence-corrected chi connectivity index (χ2v) is 21.5. The Morgan fingerprint density at radius 2 is 1.75 bits per heavy atom. The summed E-state index contributed by atoms with van der Waals surface area (Å²) in [6.07, 6.45) is 9.78. The molecule has 4 aliphatic carbocycles. The van der Waals surface area contributed by atoms with Gasteiger partial charge in [-0.2, -0.15) is 0 Å². The lowest BCUT2D eigenvalue weighted by atomic mass is 9.88. The fourth-order valence-corrected chi connectivity index (χ4v) is 11.5. The Labute approximate surface area is 380 Å². The molecule has 1 saturated heterocycles. The van der Waals surface area contributed by atoms with E-state index in [0.717, 1.165) is 31.1 Å². The number of allylic oxidation sites excluding steroid dienone is 1. The van der Waals surface area contributed by atoms with E-state index in [1.165, 1.54) is 4.90 Å². The van der Waals surface area contributed by atoms with Gasteiger partial charge >= 0.3 is 6.09 Å². The van der Waals surface area contributed by atoms with E-state index in [1.54, 1.807) is 25.4 Å². The monoisotopic (exact) mass is 912 g/mol. The average Bonchev–Trinajstić information content (AvgIpc) is 4.23. The number of amides is 4. The van der Waals surface area contributed by atoms with Crippen molar-refractivity contribution in [1.29, 1.82) is 0 Å². The zero-order chi connectivity index (χ0) is 45.8. The molecule has 348 valence electrons. The van der Waals surface area contributed by atoms with Crippen LogP contribution in [0.4, 0.5) is 4.79 Å². The summed E-state index contributed by atoms with van der Waals surface area (Å²) in [7, 11) is -2.35. The van der Waals surface area contributed by atoms with Crippen LogP contribution in [-0.4, -0.2) is 102 Å². The fourth-order valence-electron chi connectivity index (χ4n) is 10.1. The van der Waals surface area contributed by atoms with E-state index in [4.69, 9.17) is 23.9 Å². The largest absolute Gasteiger partial charge is 0.497 e. The van der Waals surface area contributed by atoms with Crippen LogP contribution in [0.2, 0.25) is 0 Å². The Bertz CT molecular complexity index is 2470. The number of nitrogens with zero attached hydrogens (tertiary/aromatic N) is 3. The zero-order valence-electron chi connectivity index (χ0n) is 37.7. The summed E-state index contributed by atoms with van der Waals surface area (Å²) in [6, 6.07) is 8.83. The molecule has 1 aromatic carbocycles. The maximum absolute atomic E-state index is 15.2. The Kier molecular flexibility index (Phi) is 12.2. The quantitative estimate of drug-likeness (QED) is 0.195. The van der Waals surface area contributed by atoms with Gasteiger partial charge in [0.15, 0.2) is 0 Å². The highest BCUT2D eigenvalue weighted by atomic mass is 32.2. The summed E-state index contributed by atoms with van der Waals surface area (Å²) in [5.74, 6) is -0.0477. The van der Waals surface area contributed by atoms with Crippen LogP contribution in [0.1, 0.15) is 91.9 Å². The van der Waals surface area contributed by atoms with Crippen molar-refractivity contribution in [3.8, 4) is 28.8 Å². The van der Waals surface area contributed by atoms with Crippen LogP contribution >= 0.6 is 0 Å². The molecule has 17 heteroatoms. The van der Waals surface area contributed by atoms with Crippen LogP contribution in [0.5, 0.6) is 17.5 Å². The molecule has 0 radical (unpaired) electrons. The second kappa shape index (κ2) is 17.7. The number of alkyl carbamates (subject to hydrolysis) is 1. The lowest BCUT2D eigenvalue weighted by Crippen LogP contribution is -2.59. The van der Waals surface area contributed by atoms with Gasteiger partial charge in [0, 0.05) is 35.6 Å². The van der Waals surface area contributed by atoms with Gasteiger partial charge in [0.1, 0.15) is 35.6 Å². The maximum atomic E-state index is 15.2. The first-order valence-electron chi connectivity index (χ1n) is 23.2. The summed E-state index contributed by atoms with van der Waals surface area (Å²) in [4.78, 5) is 68.4. The molecule has 3 N–H and O–H groups in total. The number of hydrogen-bond donors (Lipinski definition) is 3. The van der Waals surface area contributed by atoms with Crippen molar-refractivity contribution in [2.75, 3.05) is 13.7 Å². The van der Waals surface area contributed by atoms with Gasteiger partial charge in [-0.05, 0) is 131 Å². The number of ether oxygens (including phenoxy) is 4. The van der Waals surface area contributed by atoms with Crippen LogP contribution in [0.3, 0.4) is 0 Å². The molecule has 0 bridgehead atoms. The minimum absolute atomic E-state index is 0.00923. The van der Waals surface area contributed by atoms with E-state index in [0.29, 0.717) is 65.8 Å². The Morgan fingerprint density at radius 1 is 0.969 bits per heavy atom. The molecule has 65 heavy (non-hydrogen) atoms. The van der Waals surface area contributed by atoms with Crippen LogP contribution in [0.15, 0.2) is 54.7 Å². The molecule has 9 rings (SSSR count). The number of pyridine rings is 2. The molecule has 5 fully saturated rings. The summed E-state index contributed by atoms with van der Waals surface area (Å²) >= 11 is 0. The molecule has 3 aromatic rings. The minimum Gasteiger partial charge on any atom is -0.497 e. The van der Waals surface area contributed by atoms with Crippen molar-refractivity contribution in [2.45, 2.75) is 133 Å². The van der Waals surface area contributed by atoms with E-state index in [1.807, 2.05) is 57.2 Å². The van der Waals surface area contributed by atoms with Gasteiger partial charge in [0.2, 0.25) is 33.6 Å². The van der Waals surface area contributed by atoms with Crippen molar-refractivity contribution in [1.82, 2.24) is 30.2 Å². The molecule has 4 heterocycles. The fraction of sp³-hybridized carbons (Fsp3) is 0.583. The third-order valence-corrected chi connectivity index (χ3v) is 15.9. The van der Waals surface area contributed by atoms with E-state index in [9.17, 15) is 22.8 Å². The smallest absolute Gasteiger partial charge is 0.408 e. The SMILES string of the molecule is COc1ccc2c(O[C@@H]3C[C@H]4C(=O)N[C@]5(C(=O)NS(=O)(=O)C6CC6)CC5/C=C\CC[C@H](C)C[C@@H](C)[C@H](NC(=O)OC5C[C@@H]6C[C@@H]6C5)C(=O)N4C3)nc(-c3ccc(OC(C)C)nc3)cc2c1. The van der Waals surface area contributed by atoms with Gasteiger partial charge < -0.3 is 34.5 Å². The molecule has 2 unspecified atom stereocenters. The molecule has 4 amide bonds. The van der Waals surface area contributed by atoms with Crippen LogP contribution in [0.25, 0.3) is 22.0 Å². The number of nitrogens with one attached hydrogen (secondary N) is 3. The number of rotatable bonds is 11. The number of aromatic nitrogens is 2. The summed E-state index contributed by atoms with van der Waals surface area (Å²) < 4.78 is 52.3. The third-order valence-electron chi connectivity index (χ3n) is 14.0. The third kappa shape index (κ3) is 9.75. The van der Waals surface area contributed by atoms with E-state index >= 15 is 4.79 Å². The number of carbonyl (C=O) groups excluding carboxylic acids is 4. The van der Waals surface area contributed by atoms with E-state index < -0.39 is 68.7 Å². The van der Waals surface area contributed by atoms with Gasteiger partial charge in [0.05, 0.1) is 30.7 Å². The maximum Gasteiger partial charge on any atom is 0.408 e. The number of sulfonamides is 1. The van der Waals surface area contributed by atoms with Gasteiger partial charge in [-0.25, -0.2) is 23.2 Å². The Hall–Kier alpha value is -5.45. The molecular formula is C48H60N6O10S. The summed E-state index contributed by atoms with van der Waals surface area (Å²) in [5.41, 5.74) is -0.290. The van der Waals surface area contributed by atoms with Gasteiger partial charge in [-0.1, -0.05) is 26.0 Å². The van der Waals surface area contributed by atoms with Crippen molar-refractivity contribution in [3.63, 3.8) is 0 Å². The second-order valence-electron chi connectivity index (χ2n) is 19.6. The normalized spacial score (nSPS) is 31.6. The van der Waals surface area contributed by atoms with Gasteiger partial charge in [-0.3, -0.25) is 19.1 Å². The zero-order valence-corrected chi connectivity index (χ0v) is 38.5. The lowest BCUT2D eigenvalue weighted by molar-refractivity contribution is -0.142. The summed E-state index contributed by atoms with van der Waals surface area (Å²) in [5, 5.41) is 6.65. The Morgan fingerprint density at radius 3 is 2.46 bits per heavy atom. The number of carbonyl (C=O) groups is 4. The Balaban J connectivity index is 1.05. The van der Waals surface area contributed by atoms with Crippen molar-refractivity contribution >= 4 is 44.6 Å². The van der Waals surface area contributed by atoms with Gasteiger partial charge in [0.25, 0.3) is 5.91 Å². The first-order valence-corrected chi connectivity index (χ1v) is 24.7. The molecule has 2 aromatic heterocycles. The number of fused-ring (bicyclic) bond motifs is 4. The van der Waals surface area contributed by atoms with E-state index in [-0.39, 0.29) is 49.3 Å². The molecule has 10 atom stereocenters. The summed E-state index contributed by atoms with van der Waals surface area (Å²) in [6.45, 7) is 7.82. The first kappa shape index (κ1) is 44.7. The highest BCUT2D eigenvalue weighted by Crippen LogP contribution is 2.52. The number of methoxy groups -OCH3 is 1. The standard InChI is InChI=1S/C48H60N6O10S/c1-26(2)62-41-15-10-29(24-49-41)39-21-32-20-34(61-5)11-14-38(32)44(50-39)63-36-22-40-43(55)52-48(46(57)53-65(59,60)37-12-13-37)23-33(48)9-7-6-8-27(3)16-28(4)42(45(56)54(40)25-36)51-47(58)64-35-18-30-17-31(30)19-35/h7,9-11,14-15,20-21,24,26-28,30-31,33,35-37,40,42H,6,8,12-13,16-19,22-23,25H2,1-5H3,(H,51,58)(H,52,55)(H,53,57)/b9-7-/t27-,28+,30-,31+,33?,35?,36+,40-,42-,48+/m0/s1. The molecule has 2 aliphatic heterocycles. The highest BCUT2D eigenvalue weighted by molar-refractivity contribution is 7.91. The van der Waals surface area contributed by atoms with Crippen molar-refractivity contribution in [3.05, 3.63) is 54.7 Å². The molecule has 16 nitrogen and oxygen atoms in total.